The first-order valence-corrected chi connectivity index (χ1v) is 14.5. The Labute approximate surface area is 239 Å². The Morgan fingerprint density at radius 3 is 1.77 bits per heavy atom. The molecule has 7 rings (SSSR count). The molecule has 0 saturated heterocycles. The molecule has 0 fully saturated rings. The molecule has 1 aromatic heterocycles. The molecule has 190 valence electrons. The Morgan fingerprint density at radius 1 is 0.550 bits per heavy atom. The maximum absolute atomic E-state index is 3.84. The number of allylic oxidation sites excluding steroid dienone is 2. The lowest BCUT2D eigenvalue weighted by Crippen LogP contribution is -1.92. The number of rotatable bonds is 5. The van der Waals surface area contributed by atoms with E-state index in [2.05, 4.69) is 141 Å². The standard InChI is InChI=1S/C39H28S/c1-3-4-22-36-26(2)35-25-28(23-24-37(35)40-36)38-31-18-10-12-20-33(31)39(34-21-13-11-19-32(34)38)30-17-9-8-16-29(30)27-14-6-5-7-15-27/h3-25H,1H2,2H3/b22-4-. The fourth-order valence-corrected chi connectivity index (χ4v) is 7.11. The van der Waals surface area contributed by atoms with E-state index < -0.39 is 0 Å². The van der Waals surface area contributed by atoms with Crippen LogP contribution in [0, 0.1) is 6.92 Å². The van der Waals surface area contributed by atoms with Crippen LogP contribution < -0.4 is 0 Å². The fraction of sp³-hybridized carbons (Fsp3) is 0.0256. The van der Waals surface area contributed by atoms with E-state index in [9.17, 15) is 0 Å². The van der Waals surface area contributed by atoms with Crippen molar-refractivity contribution in [2.24, 2.45) is 0 Å². The quantitative estimate of drug-likeness (QED) is 0.154. The van der Waals surface area contributed by atoms with Gasteiger partial charge in [-0.15, -0.1) is 11.3 Å². The predicted molar refractivity (Wildman–Crippen MR) is 177 cm³/mol. The van der Waals surface area contributed by atoms with Gasteiger partial charge in [-0.1, -0.05) is 128 Å². The average molecular weight is 529 g/mol. The third-order valence-electron chi connectivity index (χ3n) is 7.86. The number of fused-ring (bicyclic) bond motifs is 3. The van der Waals surface area contributed by atoms with Crippen molar-refractivity contribution in [3.8, 4) is 33.4 Å². The molecule has 0 spiro atoms. The van der Waals surface area contributed by atoms with Crippen LogP contribution in [0.25, 0.3) is 71.1 Å². The first-order chi connectivity index (χ1) is 19.7. The highest BCUT2D eigenvalue weighted by Gasteiger charge is 2.19. The van der Waals surface area contributed by atoms with E-state index in [0.29, 0.717) is 0 Å². The highest BCUT2D eigenvalue weighted by molar-refractivity contribution is 7.20. The molecule has 0 aliphatic heterocycles. The van der Waals surface area contributed by atoms with Crippen LogP contribution in [0.15, 0.2) is 140 Å². The third-order valence-corrected chi connectivity index (χ3v) is 9.10. The minimum absolute atomic E-state index is 1.23. The number of thiophene rings is 1. The van der Waals surface area contributed by atoms with Gasteiger partial charge in [0.25, 0.3) is 0 Å². The van der Waals surface area contributed by atoms with Gasteiger partial charge in [-0.25, -0.2) is 0 Å². The topological polar surface area (TPSA) is 0 Å². The summed E-state index contributed by atoms with van der Waals surface area (Å²) in [6, 6.07) is 44.3. The van der Waals surface area contributed by atoms with E-state index in [4.69, 9.17) is 0 Å². The van der Waals surface area contributed by atoms with Gasteiger partial charge in [-0.2, -0.15) is 0 Å². The molecule has 0 unspecified atom stereocenters. The average Bonchev–Trinajstić information content (AvgIpc) is 3.33. The first kappa shape index (κ1) is 24.3. The molecule has 0 atom stereocenters. The highest BCUT2D eigenvalue weighted by atomic mass is 32.1. The normalized spacial score (nSPS) is 11.6. The zero-order chi connectivity index (χ0) is 27.1. The van der Waals surface area contributed by atoms with Crippen molar-refractivity contribution in [1.29, 1.82) is 0 Å². The van der Waals surface area contributed by atoms with Crippen molar-refractivity contribution in [3.63, 3.8) is 0 Å². The number of benzene rings is 6. The summed E-state index contributed by atoms with van der Waals surface area (Å²) in [6.07, 6.45) is 6.02. The van der Waals surface area contributed by atoms with Crippen LogP contribution in [-0.2, 0) is 0 Å². The van der Waals surface area contributed by atoms with Crippen molar-refractivity contribution in [2.45, 2.75) is 6.92 Å². The van der Waals surface area contributed by atoms with Crippen molar-refractivity contribution in [1.82, 2.24) is 0 Å². The van der Waals surface area contributed by atoms with Crippen molar-refractivity contribution in [3.05, 3.63) is 150 Å². The minimum atomic E-state index is 1.23. The summed E-state index contributed by atoms with van der Waals surface area (Å²) in [5.74, 6) is 0. The van der Waals surface area contributed by atoms with Crippen molar-refractivity contribution >= 4 is 49.0 Å². The highest BCUT2D eigenvalue weighted by Crippen LogP contribution is 2.46. The molecule has 0 saturated carbocycles. The third kappa shape index (κ3) is 3.99. The van der Waals surface area contributed by atoms with E-state index in [1.165, 1.54) is 75.5 Å². The second-order valence-corrected chi connectivity index (χ2v) is 11.2. The molecule has 0 nitrogen and oxygen atoms in total. The second-order valence-electron chi connectivity index (χ2n) is 10.1. The van der Waals surface area contributed by atoms with Crippen molar-refractivity contribution in [2.75, 3.05) is 0 Å². The predicted octanol–water partition coefficient (Wildman–Crippen LogP) is 11.7. The molecule has 40 heavy (non-hydrogen) atoms. The zero-order valence-electron chi connectivity index (χ0n) is 22.4. The van der Waals surface area contributed by atoms with E-state index in [0.717, 1.165) is 0 Å². The maximum Gasteiger partial charge on any atom is 0.0352 e. The van der Waals surface area contributed by atoms with Gasteiger partial charge in [0, 0.05) is 9.58 Å². The molecule has 0 aliphatic carbocycles. The Kier molecular flexibility index (Phi) is 6.15. The Balaban J connectivity index is 1.55. The molecule has 1 heterocycles. The lowest BCUT2D eigenvalue weighted by Gasteiger charge is -2.19. The maximum atomic E-state index is 3.84. The van der Waals surface area contributed by atoms with Gasteiger partial charge in [-0.05, 0) is 91.0 Å². The number of hydrogen-bond donors (Lipinski definition) is 0. The van der Waals surface area contributed by atoms with Crippen LogP contribution in [0.4, 0.5) is 0 Å². The summed E-state index contributed by atoms with van der Waals surface area (Å²) >= 11 is 1.84. The molecule has 0 radical (unpaired) electrons. The summed E-state index contributed by atoms with van der Waals surface area (Å²) in [5.41, 5.74) is 8.90. The van der Waals surface area contributed by atoms with E-state index in [1.807, 2.05) is 23.5 Å². The number of hydrogen-bond acceptors (Lipinski definition) is 1. The molecule has 0 N–H and O–H groups in total. The second kappa shape index (κ2) is 10.1. The smallest absolute Gasteiger partial charge is 0.0352 e. The lowest BCUT2D eigenvalue weighted by molar-refractivity contribution is 1.57. The molecule has 7 aromatic rings. The van der Waals surface area contributed by atoms with Crippen LogP contribution in [0.3, 0.4) is 0 Å². The van der Waals surface area contributed by atoms with Gasteiger partial charge >= 0.3 is 0 Å². The zero-order valence-corrected chi connectivity index (χ0v) is 23.2. The molecule has 0 amide bonds. The molecule has 0 aliphatic rings. The van der Waals surface area contributed by atoms with Gasteiger partial charge in [0.15, 0.2) is 0 Å². The molecule has 6 aromatic carbocycles. The lowest BCUT2D eigenvalue weighted by atomic mass is 9.83. The molecular weight excluding hydrogens is 500 g/mol. The SMILES string of the molecule is C=C/C=C\c1sc2ccc(-c3c4ccccc4c(-c4ccccc4-c4ccccc4)c4ccccc34)cc2c1C. The van der Waals surface area contributed by atoms with E-state index in [-0.39, 0.29) is 0 Å². The van der Waals surface area contributed by atoms with Crippen LogP contribution >= 0.6 is 11.3 Å². The Hall–Kier alpha value is -4.72. The van der Waals surface area contributed by atoms with Gasteiger partial charge in [-0.3, -0.25) is 0 Å². The van der Waals surface area contributed by atoms with Crippen LogP contribution in [-0.4, -0.2) is 0 Å². The first-order valence-electron chi connectivity index (χ1n) is 13.7. The summed E-state index contributed by atoms with van der Waals surface area (Å²) in [6.45, 7) is 6.07. The van der Waals surface area contributed by atoms with Gasteiger partial charge in [0.1, 0.15) is 0 Å². The molecular formula is C39H28S. The summed E-state index contributed by atoms with van der Waals surface area (Å²) < 4.78 is 1.31. The monoisotopic (exact) mass is 528 g/mol. The summed E-state index contributed by atoms with van der Waals surface area (Å²) in [4.78, 5) is 1.29. The minimum Gasteiger partial charge on any atom is -0.136 e. The summed E-state index contributed by atoms with van der Waals surface area (Å²) in [7, 11) is 0. The van der Waals surface area contributed by atoms with Crippen LogP contribution in [0.5, 0.6) is 0 Å². The summed E-state index contributed by atoms with van der Waals surface area (Å²) in [5, 5.41) is 6.42. The Bertz CT molecular complexity index is 2020. The van der Waals surface area contributed by atoms with Gasteiger partial charge in [0.2, 0.25) is 0 Å². The molecule has 0 bridgehead atoms. The molecule has 1 heteroatoms. The van der Waals surface area contributed by atoms with Crippen molar-refractivity contribution < 1.29 is 0 Å². The fourth-order valence-electron chi connectivity index (χ4n) is 6.01. The van der Waals surface area contributed by atoms with Gasteiger partial charge in [0.05, 0.1) is 0 Å². The van der Waals surface area contributed by atoms with Crippen LogP contribution in [0.1, 0.15) is 10.4 Å². The number of aryl methyl sites for hydroxylation is 1. The van der Waals surface area contributed by atoms with Crippen LogP contribution in [0.2, 0.25) is 0 Å². The Morgan fingerprint density at radius 2 is 1.12 bits per heavy atom. The largest absolute Gasteiger partial charge is 0.136 e. The van der Waals surface area contributed by atoms with E-state index in [1.54, 1.807) is 0 Å². The van der Waals surface area contributed by atoms with E-state index >= 15 is 0 Å². The van der Waals surface area contributed by atoms with Gasteiger partial charge < -0.3 is 0 Å².